The Morgan fingerprint density at radius 3 is 2.71 bits per heavy atom. The summed E-state index contributed by atoms with van der Waals surface area (Å²) in [5.74, 6) is -0.453. The highest BCUT2D eigenvalue weighted by molar-refractivity contribution is 5.76. The first kappa shape index (κ1) is 21.9. The van der Waals surface area contributed by atoms with Gasteiger partial charge in [-0.3, -0.25) is 9.78 Å². The molecule has 1 amide bonds. The molecule has 0 aromatic carbocycles. The Morgan fingerprint density at radius 2 is 2.07 bits per heavy atom. The van der Waals surface area contributed by atoms with Crippen molar-refractivity contribution in [3.63, 3.8) is 0 Å². The second kappa shape index (κ2) is 9.73. The number of pyridine rings is 1. The van der Waals surface area contributed by atoms with Crippen LogP contribution in [0, 0.1) is 5.92 Å². The van der Waals surface area contributed by atoms with Crippen LogP contribution in [0.15, 0.2) is 18.5 Å². The smallest absolute Gasteiger partial charge is 0.410 e. The first-order chi connectivity index (χ1) is 13.3. The van der Waals surface area contributed by atoms with Gasteiger partial charge in [-0.1, -0.05) is 0 Å². The maximum atomic E-state index is 12.7. The van der Waals surface area contributed by atoms with Crippen LogP contribution in [0.4, 0.5) is 4.79 Å². The number of ether oxygens (including phenoxy) is 4. The highest BCUT2D eigenvalue weighted by Gasteiger charge is 2.40. The molecule has 0 bridgehead atoms. The lowest BCUT2D eigenvalue weighted by atomic mass is 9.80. The molecule has 2 rings (SSSR count). The fourth-order valence-corrected chi connectivity index (χ4v) is 3.24. The van der Waals surface area contributed by atoms with Gasteiger partial charge in [0.05, 0.1) is 18.7 Å². The van der Waals surface area contributed by atoms with E-state index < -0.39 is 17.6 Å². The summed E-state index contributed by atoms with van der Waals surface area (Å²) in [7, 11) is 1.54. The number of amides is 1. The van der Waals surface area contributed by atoms with E-state index >= 15 is 0 Å². The van der Waals surface area contributed by atoms with Crippen LogP contribution in [0.2, 0.25) is 0 Å². The third-order valence-corrected chi connectivity index (χ3v) is 4.40. The third kappa shape index (κ3) is 5.82. The first-order valence-corrected chi connectivity index (χ1v) is 9.47. The molecule has 0 radical (unpaired) electrons. The molecule has 1 fully saturated rings. The van der Waals surface area contributed by atoms with Crippen molar-refractivity contribution in [2.45, 2.75) is 45.6 Å². The molecule has 0 aliphatic carbocycles. The number of esters is 1. The molecule has 1 aliphatic heterocycles. The standard InChI is InChI=1S/C20H30N2O6/c1-6-26-18(23)16-12-22(19(24)28-20(2,3)4)10-8-14(16)15-7-9-21-11-17(15)27-13-25-5/h7,9,11,14,16H,6,8,10,12-13H2,1-5H3/t14-,16+/m1/s1. The Hall–Kier alpha value is -2.35. The van der Waals surface area contributed by atoms with Gasteiger partial charge in [-0.15, -0.1) is 0 Å². The van der Waals surface area contributed by atoms with E-state index in [1.165, 1.54) is 7.11 Å². The molecule has 0 unspecified atom stereocenters. The summed E-state index contributed by atoms with van der Waals surface area (Å²) in [6, 6.07) is 1.84. The third-order valence-electron chi connectivity index (χ3n) is 4.40. The van der Waals surface area contributed by atoms with Gasteiger partial charge in [0, 0.05) is 37.9 Å². The van der Waals surface area contributed by atoms with Gasteiger partial charge < -0.3 is 23.8 Å². The highest BCUT2D eigenvalue weighted by Crippen LogP contribution is 2.38. The zero-order chi connectivity index (χ0) is 20.7. The average Bonchev–Trinajstić information content (AvgIpc) is 2.65. The van der Waals surface area contributed by atoms with Crippen molar-refractivity contribution < 1.29 is 28.5 Å². The molecule has 0 saturated carbocycles. The number of aromatic nitrogens is 1. The minimum absolute atomic E-state index is 0.0829. The number of hydrogen-bond donors (Lipinski definition) is 0. The van der Waals surface area contributed by atoms with Gasteiger partial charge in [0.2, 0.25) is 0 Å². The van der Waals surface area contributed by atoms with Crippen LogP contribution >= 0.6 is 0 Å². The fraction of sp³-hybridized carbons (Fsp3) is 0.650. The van der Waals surface area contributed by atoms with Gasteiger partial charge in [0.1, 0.15) is 11.4 Å². The van der Waals surface area contributed by atoms with Crippen molar-refractivity contribution in [1.82, 2.24) is 9.88 Å². The lowest BCUT2D eigenvalue weighted by Crippen LogP contribution is -2.47. The van der Waals surface area contributed by atoms with E-state index in [2.05, 4.69) is 4.98 Å². The lowest BCUT2D eigenvalue weighted by molar-refractivity contribution is -0.150. The Labute approximate surface area is 166 Å². The number of piperidine rings is 1. The summed E-state index contributed by atoms with van der Waals surface area (Å²) in [4.78, 5) is 30.8. The Morgan fingerprint density at radius 1 is 1.32 bits per heavy atom. The Kier molecular flexibility index (Phi) is 7.62. The average molecular weight is 394 g/mol. The van der Waals surface area contributed by atoms with E-state index in [1.54, 1.807) is 24.2 Å². The number of hydrogen-bond acceptors (Lipinski definition) is 7. The molecule has 2 heterocycles. The number of likely N-dealkylation sites (tertiary alicyclic amines) is 1. The largest absolute Gasteiger partial charge is 0.466 e. The van der Waals surface area contributed by atoms with E-state index in [4.69, 9.17) is 18.9 Å². The molecule has 1 aromatic heterocycles. The normalized spacial score (nSPS) is 19.8. The van der Waals surface area contributed by atoms with Crippen LogP contribution in [0.3, 0.4) is 0 Å². The predicted molar refractivity (Wildman–Crippen MR) is 102 cm³/mol. The molecular weight excluding hydrogens is 364 g/mol. The van der Waals surface area contributed by atoms with Gasteiger partial charge in [0.15, 0.2) is 6.79 Å². The van der Waals surface area contributed by atoms with Crippen LogP contribution in [-0.4, -0.2) is 61.1 Å². The quantitative estimate of drug-likeness (QED) is 0.541. The van der Waals surface area contributed by atoms with Crippen molar-refractivity contribution >= 4 is 12.1 Å². The second-order valence-corrected chi connectivity index (χ2v) is 7.64. The number of methoxy groups -OCH3 is 1. The zero-order valence-corrected chi connectivity index (χ0v) is 17.3. The summed E-state index contributed by atoms with van der Waals surface area (Å²) in [5.41, 5.74) is 0.258. The molecule has 28 heavy (non-hydrogen) atoms. The van der Waals surface area contributed by atoms with Crippen molar-refractivity contribution in [1.29, 1.82) is 0 Å². The fourth-order valence-electron chi connectivity index (χ4n) is 3.24. The Bertz CT molecular complexity index is 673. The highest BCUT2D eigenvalue weighted by atomic mass is 16.7. The molecule has 2 atom stereocenters. The van der Waals surface area contributed by atoms with Gasteiger partial charge in [0.25, 0.3) is 0 Å². The van der Waals surface area contributed by atoms with Crippen molar-refractivity contribution in [2.24, 2.45) is 5.92 Å². The van der Waals surface area contributed by atoms with E-state index in [0.717, 1.165) is 5.56 Å². The van der Waals surface area contributed by atoms with Crippen LogP contribution in [0.1, 0.15) is 45.6 Å². The maximum Gasteiger partial charge on any atom is 0.410 e. The molecule has 0 N–H and O–H groups in total. The number of carbonyl (C=O) groups excluding carboxylic acids is 2. The molecule has 8 heteroatoms. The predicted octanol–water partition coefficient (Wildman–Crippen LogP) is 2.97. The molecule has 1 aromatic rings. The molecule has 156 valence electrons. The van der Waals surface area contributed by atoms with Crippen LogP contribution in [0.25, 0.3) is 0 Å². The lowest BCUT2D eigenvalue weighted by Gasteiger charge is -2.38. The molecule has 1 saturated heterocycles. The zero-order valence-electron chi connectivity index (χ0n) is 17.3. The van der Waals surface area contributed by atoms with Crippen LogP contribution < -0.4 is 4.74 Å². The maximum absolute atomic E-state index is 12.7. The second-order valence-electron chi connectivity index (χ2n) is 7.64. The van der Waals surface area contributed by atoms with E-state index in [1.807, 2.05) is 26.8 Å². The summed E-state index contributed by atoms with van der Waals surface area (Å²) >= 11 is 0. The summed E-state index contributed by atoms with van der Waals surface area (Å²) in [6.45, 7) is 8.27. The number of carbonyl (C=O) groups is 2. The molecular formula is C20H30N2O6. The van der Waals surface area contributed by atoms with E-state index in [-0.39, 0.29) is 31.8 Å². The summed E-state index contributed by atoms with van der Waals surface area (Å²) in [6.07, 6.45) is 3.43. The van der Waals surface area contributed by atoms with Crippen molar-refractivity contribution in [3.8, 4) is 5.75 Å². The van der Waals surface area contributed by atoms with E-state index in [0.29, 0.717) is 18.7 Å². The molecule has 0 spiro atoms. The Balaban J connectivity index is 2.25. The minimum atomic E-state index is -0.598. The van der Waals surface area contributed by atoms with Gasteiger partial charge in [-0.05, 0) is 40.2 Å². The topological polar surface area (TPSA) is 87.2 Å². The number of rotatable bonds is 6. The van der Waals surface area contributed by atoms with Gasteiger partial charge in [-0.25, -0.2) is 4.79 Å². The van der Waals surface area contributed by atoms with E-state index in [9.17, 15) is 9.59 Å². The summed E-state index contributed by atoms with van der Waals surface area (Å²) in [5, 5.41) is 0. The SMILES string of the molecule is CCOC(=O)[C@H]1CN(C(=O)OC(C)(C)C)CC[C@@H]1c1ccncc1OCOC. The van der Waals surface area contributed by atoms with Crippen LogP contribution in [-0.2, 0) is 19.0 Å². The molecule has 1 aliphatic rings. The number of nitrogens with zero attached hydrogens (tertiary/aromatic N) is 2. The first-order valence-electron chi connectivity index (χ1n) is 9.47. The van der Waals surface area contributed by atoms with Crippen molar-refractivity contribution in [3.05, 3.63) is 24.0 Å². The molecule has 8 nitrogen and oxygen atoms in total. The van der Waals surface area contributed by atoms with Gasteiger partial charge in [-0.2, -0.15) is 0 Å². The minimum Gasteiger partial charge on any atom is -0.466 e. The van der Waals surface area contributed by atoms with Gasteiger partial charge >= 0.3 is 12.1 Å². The monoisotopic (exact) mass is 394 g/mol. The van der Waals surface area contributed by atoms with Crippen LogP contribution in [0.5, 0.6) is 5.75 Å². The van der Waals surface area contributed by atoms with Crippen molar-refractivity contribution in [2.75, 3.05) is 33.6 Å². The summed E-state index contributed by atoms with van der Waals surface area (Å²) < 4.78 is 21.4.